The molecule has 9 heavy (non-hydrogen) atoms. The minimum atomic E-state index is 0.324. The molecule has 3 heteroatoms. The Balaban J connectivity index is 2.15. The summed E-state index contributed by atoms with van der Waals surface area (Å²) < 4.78 is 0. The van der Waals surface area contributed by atoms with Crippen LogP contribution in [0.4, 0.5) is 0 Å². The summed E-state index contributed by atoms with van der Waals surface area (Å²) in [4.78, 5) is 12.9. The first kappa shape index (κ1) is 5.23. The van der Waals surface area contributed by atoms with Crippen molar-refractivity contribution < 1.29 is 4.79 Å². The number of carbonyl (C=O) groups excluding carboxylic acids is 1. The lowest BCUT2D eigenvalue weighted by Gasteiger charge is -2.12. The van der Waals surface area contributed by atoms with Crippen LogP contribution in [-0.2, 0) is 4.79 Å². The van der Waals surface area contributed by atoms with Gasteiger partial charge in [0.15, 0.2) is 0 Å². The second-order valence-electron chi connectivity index (χ2n) is 2.60. The molecule has 0 aliphatic carbocycles. The second-order valence-corrected chi connectivity index (χ2v) is 2.60. The number of carbonyl (C=O) groups is 1. The van der Waals surface area contributed by atoms with Gasteiger partial charge in [0.05, 0.1) is 6.17 Å². The lowest BCUT2D eigenvalue weighted by Crippen LogP contribution is -2.31. The molecular formula is C6H10N2O. The van der Waals surface area contributed by atoms with Crippen LogP contribution in [-0.4, -0.2) is 30.1 Å². The lowest BCUT2D eigenvalue weighted by atomic mass is 10.3. The summed E-state index contributed by atoms with van der Waals surface area (Å²) >= 11 is 0. The van der Waals surface area contributed by atoms with Crippen molar-refractivity contribution in [3.05, 3.63) is 0 Å². The molecular weight excluding hydrogens is 116 g/mol. The maximum Gasteiger partial charge on any atom is 0.223 e. The topological polar surface area (TPSA) is 32.3 Å². The van der Waals surface area contributed by atoms with E-state index in [-0.39, 0.29) is 0 Å². The third-order valence-electron chi connectivity index (χ3n) is 2.06. The summed E-state index contributed by atoms with van der Waals surface area (Å²) in [6, 6.07) is 0. The van der Waals surface area contributed by atoms with Crippen molar-refractivity contribution >= 4 is 5.91 Å². The molecule has 2 aliphatic rings. The molecule has 0 aromatic rings. The summed E-state index contributed by atoms with van der Waals surface area (Å²) in [5.41, 5.74) is 0. The molecule has 0 aromatic carbocycles. The Morgan fingerprint density at radius 3 is 3.33 bits per heavy atom. The molecule has 2 aliphatic heterocycles. The number of hydrogen-bond donors (Lipinski definition) is 1. The quantitative estimate of drug-likeness (QED) is 0.476. The van der Waals surface area contributed by atoms with Gasteiger partial charge in [0, 0.05) is 19.5 Å². The zero-order chi connectivity index (χ0) is 6.27. The third kappa shape index (κ3) is 0.645. The van der Waals surface area contributed by atoms with Crippen molar-refractivity contribution in [3.63, 3.8) is 0 Å². The van der Waals surface area contributed by atoms with Gasteiger partial charge < -0.3 is 4.90 Å². The Labute approximate surface area is 54.0 Å². The minimum Gasteiger partial charge on any atom is -0.326 e. The highest BCUT2D eigenvalue weighted by Crippen LogP contribution is 2.18. The van der Waals surface area contributed by atoms with Crippen LogP contribution in [0.25, 0.3) is 0 Å². The smallest absolute Gasteiger partial charge is 0.223 e. The summed E-state index contributed by atoms with van der Waals surface area (Å²) in [6.07, 6.45) is 2.15. The molecule has 2 heterocycles. The lowest BCUT2D eigenvalue weighted by molar-refractivity contribution is -0.127. The van der Waals surface area contributed by atoms with E-state index in [2.05, 4.69) is 5.32 Å². The van der Waals surface area contributed by atoms with E-state index in [1.54, 1.807) is 0 Å². The van der Waals surface area contributed by atoms with Crippen LogP contribution in [0.15, 0.2) is 0 Å². The predicted molar refractivity (Wildman–Crippen MR) is 32.7 cm³/mol. The average Bonchev–Trinajstić information content (AvgIpc) is 2.35. The maximum atomic E-state index is 10.9. The number of nitrogens with one attached hydrogen (secondary N) is 1. The van der Waals surface area contributed by atoms with Crippen LogP contribution in [0.1, 0.15) is 12.8 Å². The van der Waals surface area contributed by atoms with Gasteiger partial charge in [0.2, 0.25) is 5.91 Å². The van der Waals surface area contributed by atoms with Crippen LogP contribution in [0.3, 0.4) is 0 Å². The van der Waals surface area contributed by atoms with Crippen LogP contribution in [0.5, 0.6) is 0 Å². The molecule has 3 nitrogen and oxygen atoms in total. The Hall–Kier alpha value is -0.570. The number of rotatable bonds is 0. The van der Waals surface area contributed by atoms with E-state index in [0.29, 0.717) is 12.1 Å². The van der Waals surface area contributed by atoms with Gasteiger partial charge in [-0.05, 0) is 6.42 Å². The maximum absolute atomic E-state index is 10.9. The molecule has 0 spiro atoms. The Kier molecular flexibility index (Phi) is 0.990. The normalized spacial score (nSPS) is 33.6. The molecule has 1 atom stereocenters. The fraction of sp³-hybridized carbons (Fsp3) is 0.833. The molecule has 1 amide bonds. The summed E-state index contributed by atoms with van der Waals surface area (Å²) in [6.45, 7) is 1.90. The summed E-state index contributed by atoms with van der Waals surface area (Å²) in [5.74, 6) is 0.324. The van der Waals surface area contributed by atoms with E-state index in [4.69, 9.17) is 0 Å². The standard InChI is InChI=1S/C6H10N2O/c9-6-2-1-5-7-3-4-8(5)6/h5,7H,1-4H2. The second kappa shape index (κ2) is 1.70. The van der Waals surface area contributed by atoms with E-state index in [9.17, 15) is 4.79 Å². The fourth-order valence-electron chi connectivity index (χ4n) is 1.58. The zero-order valence-corrected chi connectivity index (χ0v) is 5.26. The number of nitrogens with zero attached hydrogens (tertiary/aromatic N) is 1. The molecule has 50 valence electrons. The fourth-order valence-corrected chi connectivity index (χ4v) is 1.58. The average molecular weight is 126 g/mol. The SMILES string of the molecule is O=C1CCC2NCCN12. The molecule has 2 fully saturated rings. The van der Waals surface area contributed by atoms with Crippen LogP contribution in [0, 0.1) is 0 Å². The van der Waals surface area contributed by atoms with Crippen LogP contribution in [0.2, 0.25) is 0 Å². The summed E-state index contributed by atoms with van der Waals surface area (Å²) in [5, 5.41) is 3.25. The van der Waals surface area contributed by atoms with Crippen molar-refractivity contribution in [1.29, 1.82) is 0 Å². The van der Waals surface area contributed by atoms with Crippen LogP contribution < -0.4 is 5.32 Å². The highest BCUT2D eigenvalue weighted by molar-refractivity contribution is 5.79. The van der Waals surface area contributed by atoms with Crippen LogP contribution >= 0.6 is 0 Å². The highest BCUT2D eigenvalue weighted by atomic mass is 16.2. The van der Waals surface area contributed by atoms with Gasteiger partial charge in [-0.3, -0.25) is 10.1 Å². The number of fused-ring (bicyclic) bond motifs is 1. The molecule has 0 bridgehead atoms. The Morgan fingerprint density at radius 1 is 1.67 bits per heavy atom. The van der Waals surface area contributed by atoms with E-state index < -0.39 is 0 Å². The van der Waals surface area contributed by atoms with Gasteiger partial charge in [0.25, 0.3) is 0 Å². The molecule has 0 saturated carbocycles. The Morgan fingerprint density at radius 2 is 2.56 bits per heavy atom. The first-order valence-electron chi connectivity index (χ1n) is 3.41. The van der Waals surface area contributed by atoms with E-state index >= 15 is 0 Å². The van der Waals surface area contributed by atoms with E-state index in [1.807, 2.05) is 4.90 Å². The third-order valence-corrected chi connectivity index (χ3v) is 2.06. The predicted octanol–water partition coefficient (Wildman–Crippen LogP) is -0.462. The van der Waals surface area contributed by atoms with Crippen molar-refractivity contribution in [2.45, 2.75) is 19.0 Å². The van der Waals surface area contributed by atoms with Crippen molar-refractivity contribution in [2.75, 3.05) is 13.1 Å². The van der Waals surface area contributed by atoms with E-state index in [1.165, 1.54) is 0 Å². The zero-order valence-electron chi connectivity index (χ0n) is 5.26. The minimum absolute atomic E-state index is 0.324. The molecule has 0 radical (unpaired) electrons. The van der Waals surface area contributed by atoms with Gasteiger partial charge >= 0.3 is 0 Å². The number of amides is 1. The Bertz CT molecular complexity index is 146. The molecule has 1 unspecified atom stereocenters. The first-order chi connectivity index (χ1) is 4.38. The van der Waals surface area contributed by atoms with E-state index in [0.717, 1.165) is 25.9 Å². The van der Waals surface area contributed by atoms with Crippen molar-refractivity contribution in [2.24, 2.45) is 0 Å². The molecule has 2 rings (SSSR count). The van der Waals surface area contributed by atoms with Gasteiger partial charge in [-0.2, -0.15) is 0 Å². The number of hydrogen-bond acceptors (Lipinski definition) is 2. The van der Waals surface area contributed by atoms with Gasteiger partial charge in [0.1, 0.15) is 0 Å². The monoisotopic (exact) mass is 126 g/mol. The summed E-state index contributed by atoms with van der Waals surface area (Å²) in [7, 11) is 0. The molecule has 0 aromatic heterocycles. The highest BCUT2D eigenvalue weighted by Gasteiger charge is 2.33. The first-order valence-corrected chi connectivity index (χ1v) is 3.41. The van der Waals surface area contributed by atoms with Gasteiger partial charge in [-0.25, -0.2) is 0 Å². The van der Waals surface area contributed by atoms with Crippen molar-refractivity contribution in [3.8, 4) is 0 Å². The van der Waals surface area contributed by atoms with Crippen molar-refractivity contribution in [1.82, 2.24) is 10.2 Å². The largest absolute Gasteiger partial charge is 0.326 e. The van der Waals surface area contributed by atoms with Gasteiger partial charge in [-0.15, -0.1) is 0 Å². The van der Waals surface area contributed by atoms with Gasteiger partial charge in [-0.1, -0.05) is 0 Å². The molecule has 1 N–H and O–H groups in total. The molecule has 2 saturated heterocycles.